The number of rotatable bonds is 5. The zero-order valence-electron chi connectivity index (χ0n) is 15.4. The summed E-state index contributed by atoms with van der Waals surface area (Å²) < 4.78 is 17.6. The zero-order chi connectivity index (χ0) is 20.7. The molecule has 1 N–H and O–H groups in total. The van der Waals surface area contributed by atoms with Gasteiger partial charge in [-0.3, -0.25) is 14.9 Å². The standard InChI is InChI=1S/C18H13N5O5S2/c1-9-4-14-19-11(6-15(24)23(14)28-9)7-29-18-22-21-17(30-18)20-16(25)10-2-3-12-13(5-10)27-8-26-12/h2-6H,7-8H2,1H3,(H,20,21,25). The largest absolute Gasteiger partial charge is 0.454 e. The number of carbonyl (C=O) groups excluding carboxylic acids is 1. The van der Waals surface area contributed by atoms with Crippen LogP contribution in [0.5, 0.6) is 11.5 Å². The monoisotopic (exact) mass is 443 g/mol. The maximum atomic E-state index is 12.4. The Hall–Kier alpha value is -3.38. The van der Waals surface area contributed by atoms with Crippen molar-refractivity contribution >= 4 is 39.8 Å². The molecule has 1 aromatic carbocycles. The summed E-state index contributed by atoms with van der Waals surface area (Å²) in [5, 5.41) is 11.2. The van der Waals surface area contributed by atoms with Gasteiger partial charge in [0.05, 0.1) is 5.69 Å². The van der Waals surface area contributed by atoms with Crippen LogP contribution in [0.25, 0.3) is 5.65 Å². The van der Waals surface area contributed by atoms with Crippen molar-refractivity contribution in [1.29, 1.82) is 0 Å². The van der Waals surface area contributed by atoms with Gasteiger partial charge in [-0.1, -0.05) is 23.1 Å². The molecule has 0 unspecified atom stereocenters. The zero-order valence-corrected chi connectivity index (χ0v) is 17.1. The van der Waals surface area contributed by atoms with E-state index in [-0.39, 0.29) is 18.3 Å². The van der Waals surface area contributed by atoms with Crippen LogP contribution in [0.3, 0.4) is 0 Å². The van der Waals surface area contributed by atoms with Crippen LogP contribution < -0.4 is 20.3 Å². The lowest BCUT2D eigenvalue weighted by molar-refractivity contribution is 0.102. The molecular weight excluding hydrogens is 430 g/mol. The molecule has 0 saturated carbocycles. The minimum Gasteiger partial charge on any atom is -0.454 e. The Labute approximate surface area is 176 Å². The maximum absolute atomic E-state index is 12.4. The predicted octanol–water partition coefficient (Wildman–Crippen LogP) is 2.72. The molecule has 4 heterocycles. The van der Waals surface area contributed by atoms with Crippen LogP contribution in [0.15, 0.2) is 44.0 Å². The molecule has 1 aliphatic rings. The van der Waals surface area contributed by atoms with Gasteiger partial charge in [0.15, 0.2) is 21.5 Å². The number of benzene rings is 1. The summed E-state index contributed by atoms with van der Waals surface area (Å²) in [5.74, 6) is 1.86. The molecule has 0 spiro atoms. The number of ether oxygens (including phenoxy) is 2. The Balaban J connectivity index is 1.24. The van der Waals surface area contributed by atoms with Crippen molar-refractivity contribution in [2.75, 3.05) is 12.1 Å². The number of anilines is 1. The van der Waals surface area contributed by atoms with Crippen molar-refractivity contribution in [3.63, 3.8) is 0 Å². The van der Waals surface area contributed by atoms with E-state index >= 15 is 0 Å². The van der Waals surface area contributed by atoms with E-state index in [1.165, 1.54) is 29.2 Å². The third kappa shape index (κ3) is 3.62. The normalized spacial score (nSPS) is 12.4. The first kappa shape index (κ1) is 18.6. The van der Waals surface area contributed by atoms with Gasteiger partial charge in [0.25, 0.3) is 11.5 Å². The lowest BCUT2D eigenvalue weighted by atomic mass is 10.2. The second kappa shape index (κ2) is 7.46. The van der Waals surface area contributed by atoms with E-state index in [1.807, 2.05) is 0 Å². The topological polar surface area (TPSA) is 121 Å². The number of aromatic nitrogens is 4. The van der Waals surface area contributed by atoms with Gasteiger partial charge in [0.1, 0.15) is 5.76 Å². The Morgan fingerprint density at radius 3 is 3.00 bits per heavy atom. The molecular formula is C18H13N5O5S2. The summed E-state index contributed by atoms with van der Waals surface area (Å²) in [4.78, 5) is 28.9. The fourth-order valence-corrected chi connectivity index (χ4v) is 4.45. The Bertz CT molecular complexity index is 1330. The molecule has 12 heteroatoms. The fourth-order valence-electron chi connectivity index (χ4n) is 2.81. The van der Waals surface area contributed by atoms with Crippen molar-refractivity contribution in [2.24, 2.45) is 0 Å². The summed E-state index contributed by atoms with van der Waals surface area (Å²) in [6, 6.07) is 8.08. The number of hydrogen-bond donors (Lipinski definition) is 1. The minimum atomic E-state index is -0.323. The summed E-state index contributed by atoms with van der Waals surface area (Å²) in [6.07, 6.45) is 0. The minimum absolute atomic E-state index is 0.145. The van der Waals surface area contributed by atoms with Gasteiger partial charge in [-0.15, -0.1) is 14.8 Å². The van der Waals surface area contributed by atoms with Crippen molar-refractivity contribution < 1.29 is 18.8 Å². The summed E-state index contributed by atoms with van der Waals surface area (Å²) in [7, 11) is 0. The smallest absolute Gasteiger partial charge is 0.287 e. The molecule has 1 aliphatic heterocycles. The summed E-state index contributed by atoms with van der Waals surface area (Å²) in [6.45, 7) is 1.90. The Morgan fingerprint density at radius 2 is 2.10 bits per heavy atom. The summed E-state index contributed by atoms with van der Waals surface area (Å²) in [5.41, 5.74) is 1.21. The first-order valence-corrected chi connectivity index (χ1v) is 10.5. The molecule has 5 rings (SSSR count). The van der Waals surface area contributed by atoms with E-state index in [0.29, 0.717) is 49.4 Å². The molecule has 4 aromatic rings. The summed E-state index contributed by atoms with van der Waals surface area (Å²) >= 11 is 2.61. The molecule has 0 radical (unpaired) electrons. The van der Waals surface area contributed by atoms with Crippen LogP contribution in [-0.4, -0.2) is 32.5 Å². The SMILES string of the molecule is Cc1cc2nc(CSc3nnc(NC(=O)c4ccc5c(c4)OCO5)s3)cc(=O)n2o1. The highest BCUT2D eigenvalue weighted by molar-refractivity contribution is 8.00. The molecule has 30 heavy (non-hydrogen) atoms. The van der Waals surface area contributed by atoms with E-state index in [9.17, 15) is 9.59 Å². The molecule has 152 valence electrons. The molecule has 0 bridgehead atoms. The molecule has 0 atom stereocenters. The van der Waals surface area contributed by atoms with Crippen LogP contribution in [0.1, 0.15) is 21.8 Å². The van der Waals surface area contributed by atoms with Crippen molar-refractivity contribution in [3.05, 3.63) is 57.7 Å². The van der Waals surface area contributed by atoms with Gasteiger partial charge in [0.2, 0.25) is 11.9 Å². The van der Waals surface area contributed by atoms with E-state index in [4.69, 9.17) is 14.0 Å². The Morgan fingerprint density at radius 1 is 1.23 bits per heavy atom. The van der Waals surface area contributed by atoms with Crippen molar-refractivity contribution in [3.8, 4) is 11.5 Å². The number of hydrogen-bond acceptors (Lipinski definition) is 10. The molecule has 0 saturated heterocycles. The van der Waals surface area contributed by atoms with E-state index in [0.717, 1.165) is 4.57 Å². The van der Waals surface area contributed by atoms with Crippen LogP contribution >= 0.6 is 23.1 Å². The van der Waals surface area contributed by atoms with Crippen LogP contribution in [0.2, 0.25) is 0 Å². The number of aryl methyl sites for hydroxylation is 1. The quantitative estimate of drug-likeness (QED) is 0.366. The van der Waals surface area contributed by atoms with E-state index in [2.05, 4.69) is 20.5 Å². The average molecular weight is 443 g/mol. The number of carbonyl (C=O) groups is 1. The lowest BCUT2D eigenvalue weighted by Crippen LogP contribution is -2.12. The van der Waals surface area contributed by atoms with E-state index in [1.54, 1.807) is 31.2 Å². The van der Waals surface area contributed by atoms with Gasteiger partial charge in [-0.05, 0) is 25.1 Å². The Kier molecular flexibility index (Phi) is 4.64. The van der Waals surface area contributed by atoms with Gasteiger partial charge in [0, 0.05) is 23.4 Å². The molecule has 0 fully saturated rings. The van der Waals surface area contributed by atoms with Gasteiger partial charge < -0.3 is 14.0 Å². The highest BCUT2D eigenvalue weighted by Crippen LogP contribution is 2.33. The highest BCUT2D eigenvalue weighted by atomic mass is 32.2. The molecule has 1 amide bonds. The first-order chi connectivity index (χ1) is 14.5. The van der Waals surface area contributed by atoms with E-state index < -0.39 is 0 Å². The van der Waals surface area contributed by atoms with Crippen LogP contribution in [0, 0.1) is 6.92 Å². The first-order valence-electron chi connectivity index (χ1n) is 8.72. The molecule has 3 aromatic heterocycles. The number of amides is 1. The third-order valence-electron chi connectivity index (χ3n) is 4.13. The van der Waals surface area contributed by atoms with Gasteiger partial charge >= 0.3 is 0 Å². The van der Waals surface area contributed by atoms with Crippen LogP contribution in [0.4, 0.5) is 5.13 Å². The number of fused-ring (bicyclic) bond motifs is 2. The number of thioether (sulfide) groups is 1. The van der Waals surface area contributed by atoms with Gasteiger partial charge in [-0.25, -0.2) is 4.98 Å². The molecule has 0 aliphatic carbocycles. The number of nitrogens with one attached hydrogen (secondary N) is 1. The number of nitrogens with zero attached hydrogens (tertiary/aromatic N) is 4. The fraction of sp³-hybridized carbons (Fsp3) is 0.167. The maximum Gasteiger partial charge on any atom is 0.287 e. The van der Waals surface area contributed by atoms with Crippen LogP contribution in [-0.2, 0) is 5.75 Å². The lowest BCUT2D eigenvalue weighted by Gasteiger charge is -2.02. The van der Waals surface area contributed by atoms with Crippen molar-refractivity contribution in [2.45, 2.75) is 17.0 Å². The third-order valence-corrected chi connectivity index (χ3v) is 6.13. The highest BCUT2D eigenvalue weighted by Gasteiger charge is 2.17. The second-order valence-corrected chi connectivity index (χ2v) is 8.47. The van der Waals surface area contributed by atoms with Gasteiger partial charge in [-0.2, -0.15) is 0 Å². The average Bonchev–Trinajstić information content (AvgIpc) is 3.45. The second-order valence-electron chi connectivity index (χ2n) is 6.27. The molecule has 10 nitrogen and oxygen atoms in total. The predicted molar refractivity (Wildman–Crippen MR) is 108 cm³/mol. The van der Waals surface area contributed by atoms with Crippen molar-refractivity contribution in [1.82, 2.24) is 19.8 Å².